The Labute approximate surface area is 177 Å². The lowest BCUT2D eigenvalue weighted by atomic mass is 9.85. The van der Waals surface area contributed by atoms with Crippen LogP contribution in [0.25, 0.3) is 0 Å². The summed E-state index contributed by atoms with van der Waals surface area (Å²) in [5.74, 6) is 0.320. The van der Waals surface area contributed by atoms with Crippen molar-refractivity contribution >= 4 is 11.9 Å². The molecule has 1 aliphatic carbocycles. The van der Waals surface area contributed by atoms with Crippen molar-refractivity contribution in [2.75, 3.05) is 19.8 Å². The minimum absolute atomic E-state index is 0.134. The second-order valence-electron chi connectivity index (χ2n) is 8.20. The van der Waals surface area contributed by atoms with Crippen LogP contribution in [0.1, 0.15) is 97.3 Å². The topological polar surface area (TPSA) is 84.9 Å². The van der Waals surface area contributed by atoms with Crippen LogP contribution in [0.15, 0.2) is 0 Å². The maximum absolute atomic E-state index is 12.2. The normalized spacial score (nSPS) is 16.9. The maximum atomic E-state index is 12.2. The zero-order valence-electron chi connectivity index (χ0n) is 18.6. The molecule has 0 heterocycles. The second kappa shape index (κ2) is 16.6. The van der Waals surface area contributed by atoms with Crippen molar-refractivity contribution < 1.29 is 24.2 Å². The molecule has 1 rings (SSSR count). The number of carbonyl (C=O) groups excluding carboxylic acids is 2. The largest absolute Gasteiger partial charge is 0.466 e. The first-order chi connectivity index (χ1) is 14.1. The summed E-state index contributed by atoms with van der Waals surface area (Å²) in [5.41, 5.74) is 0. The number of ether oxygens (including phenoxy) is 2. The summed E-state index contributed by atoms with van der Waals surface area (Å²) in [7, 11) is 0. The number of rotatable bonds is 16. The Hall–Kier alpha value is -1.14. The molecule has 0 radical (unpaired) electrons. The molecule has 0 aromatic heterocycles. The van der Waals surface area contributed by atoms with E-state index in [0.29, 0.717) is 38.5 Å². The van der Waals surface area contributed by atoms with E-state index in [1.165, 1.54) is 32.1 Å². The van der Waals surface area contributed by atoms with Crippen molar-refractivity contribution in [3.05, 3.63) is 0 Å². The number of aliphatic hydroxyl groups excluding tert-OH is 1. The number of hydrogen-bond donors (Lipinski definition) is 2. The molecule has 6 nitrogen and oxygen atoms in total. The molecule has 0 aromatic carbocycles. The molecule has 0 aromatic rings. The monoisotopic (exact) mass is 413 g/mol. The van der Waals surface area contributed by atoms with E-state index >= 15 is 0 Å². The molecule has 170 valence electrons. The average Bonchev–Trinajstić information content (AvgIpc) is 2.70. The van der Waals surface area contributed by atoms with Crippen molar-refractivity contribution in [1.82, 2.24) is 5.32 Å². The highest BCUT2D eigenvalue weighted by Gasteiger charge is 2.21. The first kappa shape index (κ1) is 25.9. The molecule has 0 amide bonds. The third-order valence-electron chi connectivity index (χ3n) is 5.70. The fraction of sp³-hybridized carbons (Fsp3) is 0.913. The van der Waals surface area contributed by atoms with Crippen LogP contribution in [0.3, 0.4) is 0 Å². The van der Waals surface area contributed by atoms with Gasteiger partial charge in [0.05, 0.1) is 19.3 Å². The van der Waals surface area contributed by atoms with Gasteiger partial charge in [-0.3, -0.25) is 9.59 Å². The molecule has 2 N–H and O–H groups in total. The predicted octanol–water partition coefficient (Wildman–Crippen LogP) is 4.13. The van der Waals surface area contributed by atoms with Crippen molar-refractivity contribution in [2.45, 2.75) is 109 Å². The van der Waals surface area contributed by atoms with Crippen molar-refractivity contribution in [3.63, 3.8) is 0 Å². The van der Waals surface area contributed by atoms with Crippen LogP contribution < -0.4 is 5.32 Å². The standard InChI is InChI=1S/C23H43NO5/c1-3-28-22(26)15-11-6-5-10-14-21(23(27)29-4-2)24-17-16-20(25)18-19-12-8-7-9-13-19/h19-21,24-25H,3-18H2,1-2H3. The van der Waals surface area contributed by atoms with Crippen LogP contribution >= 0.6 is 0 Å². The van der Waals surface area contributed by atoms with E-state index in [1.54, 1.807) is 0 Å². The lowest BCUT2D eigenvalue weighted by Gasteiger charge is -2.24. The minimum atomic E-state index is -0.318. The highest BCUT2D eigenvalue weighted by Crippen LogP contribution is 2.27. The van der Waals surface area contributed by atoms with Gasteiger partial charge in [0.1, 0.15) is 6.04 Å². The Kier molecular flexibility index (Phi) is 14.9. The summed E-state index contributed by atoms with van der Waals surface area (Å²) in [6.45, 7) is 5.07. The Morgan fingerprint density at radius 2 is 1.66 bits per heavy atom. The van der Waals surface area contributed by atoms with E-state index in [4.69, 9.17) is 9.47 Å². The first-order valence-electron chi connectivity index (χ1n) is 11.8. The van der Waals surface area contributed by atoms with Gasteiger partial charge in [-0.2, -0.15) is 0 Å². The number of aliphatic hydroxyl groups is 1. The molecular formula is C23H43NO5. The quantitative estimate of drug-likeness (QED) is 0.292. The number of esters is 2. The predicted molar refractivity (Wildman–Crippen MR) is 115 cm³/mol. The zero-order chi connectivity index (χ0) is 21.3. The van der Waals surface area contributed by atoms with Crippen molar-refractivity contribution in [2.24, 2.45) is 5.92 Å². The Balaban J connectivity index is 2.21. The highest BCUT2D eigenvalue weighted by molar-refractivity contribution is 5.75. The Morgan fingerprint density at radius 1 is 0.966 bits per heavy atom. The van der Waals surface area contributed by atoms with Crippen LogP contribution in [0.4, 0.5) is 0 Å². The number of carbonyl (C=O) groups is 2. The van der Waals surface area contributed by atoms with Gasteiger partial charge in [0.15, 0.2) is 0 Å². The van der Waals surface area contributed by atoms with Crippen LogP contribution in [0.5, 0.6) is 0 Å². The molecule has 2 atom stereocenters. The maximum Gasteiger partial charge on any atom is 0.323 e. The SMILES string of the molecule is CCOC(=O)CCCCCCC(NCCC(O)CC1CCCCC1)C(=O)OCC. The van der Waals surface area contributed by atoms with Crippen LogP contribution in [0.2, 0.25) is 0 Å². The van der Waals surface area contributed by atoms with Gasteiger partial charge in [0.2, 0.25) is 0 Å². The number of nitrogens with one attached hydrogen (secondary N) is 1. The number of hydrogen-bond acceptors (Lipinski definition) is 6. The lowest BCUT2D eigenvalue weighted by molar-refractivity contribution is -0.146. The molecule has 6 heteroatoms. The Bertz CT molecular complexity index is 437. The molecule has 1 saturated carbocycles. The van der Waals surface area contributed by atoms with Crippen molar-refractivity contribution in [1.29, 1.82) is 0 Å². The zero-order valence-corrected chi connectivity index (χ0v) is 18.6. The van der Waals surface area contributed by atoms with Gasteiger partial charge in [0.25, 0.3) is 0 Å². The van der Waals surface area contributed by atoms with Gasteiger partial charge < -0.3 is 19.9 Å². The summed E-state index contributed by atoms with van der Waals surface area (Å²) >= 11 is 0. The minimum Gasteiger partial charge on any atom is -0.466 e. The summed E-state index contributed by atoms with van der Waals surface area (Å²) < 4.78 is 10.1. The molecule has 1 aliphatic rings. The van der Waals surface area contributed by atoms with Crippen LogP contribution in [-0.2, 0) is 19.1 Å². The van der Waals surface area contributed by atoms with E-state index in [9.17, 15) is 14.7 Å². The highest BCUT2D eigenvalue weighted by atomic mass is 16.5. The van der Waals surface area contributed by atoms with E-state index < -0.39 is 0 Å². The van der Waals surface area contributed by atoms with E-state index in [1.807, 2.05) is 13.8 Å². The molecule has 2 unspecified atom stereocenters. The summed E-state index contributed by atoms with van der Waals surface area (Å²) in [6.07, 6.45) is 12.5. The third-order valence-corrected chi connectivity index (χ3v) is 5.70. The third kappa shape index (κ3) is 12.9. The molecule has 0 spiro atoms. The second-order valence-corrected chi connectivity index (χ2v) is 8.20. The van der Waals surface area contributed by atoms with E-state index in [-0.39, 0.29) is 24.1 Å². The van der Waals surface area contributed by atoms with Gasteiger partial charge in [-0.25, -0.2) is 0 Å². The van der Waals surface area contributed by atoms with E-state index in [0.717, 1.165) is 38.5 Å². The Morgan fingerprint density at radius 3 is 2.34 bits per heavy atom. The molecule has 0 bridgehead atoms. The van der Waals surface area contributed by atoms with Crippen molar-refractivity contribution in [3.8, 4) is 0 Å². The first-order valence-corrected chi connectivity index (χ1v) is 11.8. The molecule has 0 aliphatic heterocycles. The van der Waals surface area contributed by atoms with Gasteiger partial charge in [-0.15, -0.1) is 0 Å². The van der Waals surface area contributed by atoms with Gasteiger partial charge in [-0.05, 0) is 52.0 Å². The van der Waals surface area contributed by atoms with Gasteiger partial charge in [0, 0.05) is 6.42 Å². The smallest absolute Gasteiger partial charge is 0.323 e. The molecule has 29 heavy (non-hydrogen) atoms. The summed E-state index contributed by atoms with van der Waals surface area (Å²) in [4.78, 5) is 23.5. The molecular weight excluding hydrogens is 370 g/mol. The number of unbranched alkanes of at least 4 members (excludes halogenated alkanes) is 3. The van der Waals surface area contributed by atoms with Gasteiger partial charge >= 0.3 is 11.9 Å². The fourth-order valence-corrected chi connectivity index (χ4v) is 4.10. The molecule has 1 fully saturated rings. The fourth-order valence-electron chi connectivity index (χ4n) is 4.10. The average molecular weight is 414 g/mol. The lowest BCUT2D eigenvalue weighted by Crippen LogP contribution is -2.39. The van der Waals surface area contributed by atoms with Crippen LogP contribution in [-0.4, -0.2) is 48.9 Å². The summed E-state index contributed by atoms with van der Waals surface area (Å²) in [5, 5.41) is 13.6. The summed E-state index contributed by atoms with van der Waals surface area (Å²) in [6, 6.07) is -0.318. The van der Waals surface area contributed by atoms with E-state index in [2.05, 4.69) is 5.32 Å². The molecule has 0 saturated heterocycles. The van der Waals surface area contributed by atoms with Gasteiger partial charge in [-0.1, -0.05) is 51.4 Å². The van der Waals surface area contributed by atoms with Crippen LogP contribution in [0, 0.1) is 5.92 Å².